The third-order valence-corrected chi connectivity index (χ3v) is 4.61. The molecule has 1 N–H and O–H groups in total. The molecule has 0 aliphatic carbocycles. The smallest absolute Gasteiger partial charge is 0.256 e. The van der Waals surface area contributed by atoms with E-state index in [0.717, 1.165) is 17.7 Å². The number of likely N-dealkylation sites (N-methyl/N-ethyl adjacent to an activating group) is 1. The number of carbonyl (C=O) groups is 1. The molecule has 2 aromatic rings. The summed E-state index contributed by atoms with van der Waals surface area (Å²) in [5.74, 6) is -0.188. The van der Waals surface area contributed by atoms with Crippen LogP contribution < -0.4 is 0 Å². The Balaban J connectivity index is 1.65. The highest BCUT2D eigenvalue weighted by Crippen LogP contribution is 2.25. The van der Waals surface area contributed by atoms with Crippen LogP contribution >= 0.6 is 0 Å². The van der Waals surface area contributed by atoms with Crippen LogP contribution in [0.1, 0.15) is 29.7 Å². The lowest BCUT2D eigenvalue weighted by atomic mass is 9.90. The number of nitrogens with zero attached hydrogens (tertiary/aromatic N) is 3. The minimum Gasteiger partial charge on any atom is -0.379 e. The van der Waals surface area contributed by atoms with Crippen molar-refractivity contribution in [3.63, 3.8) is 0 Å². The zero-order valence-electron chi connectivity index (χ0n) is 14.8. The van der Waals surface area contributed by atoms with Gasteiger partial charge in [-0.25, -0.2) is 0 Å². The van der Waals surface area contributed by atoms with Crippen molar-refractivity contribution in [2.75, 3.05) is 20.1 Å². The predicted molar refractivity (Wildman–Crippen MR) is 93.6 cm³/mol. The quantitative estimate of drug-likeness (QED) is 0.868. The van der Waals surface area contributed by atoms with Crippen LogP contribution in [-0.2, 0) is 17.9 Å². The molecule has 1 amide bonds. The van der Waals surface area contributed by atoms with Crippen molar-refractivity contribution in [1.82, 2.24) is 15.0 Å². The van der Waals surface area contributed by atoms with E-state index in [0.29, 0.717) is 26.1 Å². The summed E-state index contributed by atoms with van der Waals surface area (Å²) in [6.45, 7) is 4.07. The molecular weight excluding hydrogens is 318 g/mol. The van der Waals surface area contributed by atoms with E-state index in [9.17, 15) is 9.90 Å². The molecule has 25 heavy (non-hydrogen) atoms. The van der Waals surface area contributed by atoms with Gasteiger partial charge in [0.25, 0.3) is 5.91 Å². The molecule has 2 heterocycles. The third-order valence-electron chi connectivity index (χ3n) is 4.61. The van der Waals surface area contributed by atoms with E-state index in [1.165, 1.54) is 11.8 Å². The van der Waals surface area contributed by atoms with Crippen LogP contribution in [0.4, 0.5) is 0 Å². The molecule has 0 spiro atoms. The Kier molecular flexibility index (Phi) is 5.20. The number of aromatic nitrogens is 1. The Bertz CT molecular complexity index is 716. The molecule has 134 valence electrons. The largest absolute Gasteiger partial charge is 0.379 e. The van der Waals surface area contributed by atoms with Gasteiger partial charge in [-0.1, -0.05) is 35.0 Å². The van der Waals surface area contributed by atoms with Crippen LogP contribution in [0.5, 0.6) is 0 Å². The molecular formula is C19H25N3O3. The Hall–Kier alpha value is -2.18. The first-order valence-corrected chi connectivity index (χ1v) is 8.61. The molecule has 1 aliphatic heterocycles. The van der Waals surface area contributed by atoms with Gasteiger partial charge in [-0.3, -0.25) is 9.69 Å². The van der Waals surface area contributed by atoms with Gasteiger partial charge in [0.05, 0.1) is 5.69 Å². The molecule has 0 radical (unpaired) electrons. The van der Waals surface area contributed by atoms with Crippen molar-refractivity contribution in [2.24, 2.45) is 0 Å². The van der Waals surface area contributed by atoms with Gasteiger partial charge in [-0.15, -0.1) is 0 Å². The average Bonchev–Trinajstić information content (AvgIpc) is 3.05. The number of piperidine rings is 1. The van der Waals surface area contributed by atoms with Gasteiger partial charge in [-0.05, 0) is 32.4 Å². The molecule has 6 heteroatoms. The number of hydrogen-bond donors (Lipinski definition) is 1. The zero-order chi connectivity index (χ0) is 17.9. The second kappa shape index (κ2) is 7.37. The van der Waals surface area contributed by atoms with Crippen molar-refractivity contribution in [3.8, 4) is 0 Å². The first kappa shape index (κ1) is 17.6. The molecule has 1 fully saturated rings. The second-order valence-corrected chi connectivity index (χ2v) is 7.01. The molecule has 1 saturated heterocycles. The maximum absolute atomic E-state index is 12.9. The molecule has 1 atom stereocenters. The minimum absolute atomic E-state index is 0.188. The van der Waals surface area contributed by atoms with E-state index in [2.05, 4.69) is 11.2 Å². The summed E-state index contributed by atoms with van der Waals surface area (Å²) in [5.41, 5.74) is 1.70. The molecule has 1 aliphatic rings. The number of benzene rings is 1. The highest BCUT2D eigenvalue weighted by molar-refractivity contribution is 5.86. The molecule has 3 rings (SSSR count). The van der Waals surface area contributed by atoms with Gasteiger partial charge in [0.1, 0.15) is 6.26 Å². The molecule has 6 nitrogen and oxygen atoms in total. The second-order valence-electron chi connectivity index (χ2n) is 7.01. The van der Waals surface area contributed by atoms with Gasteiger partial charge in [0.15, 0.2) is 5.60 Å². The Morgan fingerprint density at radius 1 is 1.40 bits per heavy atom. The number of carbonyl (C=O) groups excluding carboxylic acids is 1. The lowest BCUT2D eigenvalue weighted by Crippen LogP contribution is -2.57. The number of likely N-dealkylation sites (tertiary alicyclic amines) is 1. The first-order chi connectivity index (χ1) is 12.0. The Morgan fingerprint density at radius 2 is 2.24 bits per heavy atom. The number of aryl methyl sites for hydroxylation is 1. The zero-order valence-corrected chi connectivity index (χ0v) is 14.8. The molecule has 1 unspecified atom stereocenters. The van der Waals surface area contributed by atoms with E-state index in [1.54, 1.807) is 11.0 Å². The van der Waals surface area contributed by atoms with E-state index >= 15 is 0 Å². The number of aliphatic hydroxyl groups is 1. The monoisotopic (exact) mass is 343 g/mol. The minimum atomic E-state index is -1.35. The molecule has 1 aromatic carbocycles. The lowest BCUT2D eigenvalue weighted by molar-refractivity contribution is -0.160. The Morgan fingerprint density at radius 3 is 2.96 bits per heavy atom. The Labute approximate surface area is 148 Å². The van der Waals surface area contributed by atoms with Crippen LogP contribution in [0.2, 0.25) is 0 Å². The summed E-state index contributed by atoms with van der Waals surface area (Å²) in [4.78, 5) is 16.6. The van der Waals surface area contributed by atoms with Gasteiger partial charge < -0.3 is 14.5 Å². The SMILES string of the molecule is Cc1cccc(CN2CCCC(O)(CN(C)Cc3ccon3)C2=O)c1. The predicted octanol–water partition coefficient (Wildman–Crippen LogP) is 1.97. The van der Waals surface area contributed by atoms with Crippen molar-refractivity contribution < 1.29 is 14.4 Å². The van der Waals surface area contributed by atoms with Gasteiger partial charge in [-0.2, -0.15) is 0 Å². The third kappa shape index (κ3) is 4.27. The van der Waals surface area contributed by atoms with E-state index < -0.39 is 5.60 Å². The molecule has 1 aromatic heterocycles. The normalized spacial score (nSPS) is 21.1. The van der Waals surface area contributed by atoms with Crippen LogP contribution in [0, 0.1) is 6.92 Å². The maximum Gasteiger partial charge on any atom is 0.256 e. The molecule has 0 bridgehead atoms. The van der Waals surface area contributed by atoms with Gasteiger partial charge >= 0.3 is 0 Å². The van der Waals surface area contributed by atoms with E-state index in [-0.39, 0.29) is 12.5 Å². The van der Waals surface area contributed by atoms with Crippen LogP contribution in [-0.4, -0.2) is 51.7 Å². The summed E-state index contributed by atoms with van der Waals surface area (Å²) in [7, 11) is 1.87. The number of hydrogen-bond acceptors (Lipinski definition) is 5. The van der Waals surface area contributed by atoms with Crippen molar-refractivity contribution in [1.29, 1.82) is 0 Å². The fourth-order valence-electron chi connectivity index (χ4n) is 3.49. The van der Waals surface area contributed by atoms with Crippen molar-refractivity contribution in [2.45, 2.75) is 38.5 Å². The van der Waals surface area contributed by atoms with Crippen LogP contribution in [0.25, 0.3) is 0 Å². The first-order valence-electron chi connectivity index (χ1n) is 8.61. The van der Waals surface area contributed by atoms with Crippen LogP contribution in [0.3, 0.4) is 0 Å². The van der Waals surface area contributed by atoms with Crippen molar-refractivity contribution in [3.05, 3.63) is 53.4 Å². The fraction of sp³-hybridized carbons (Fsp3) is 0.474. The standard InChI is InChI=1S/C19H25N3O3/c1-15-5-3-6-16(11-15)12-22-9-4-8-19(24,18(22)23)14-21(2)13-17-7-10-25-20-17/h3,5-7,10-11,24H,4,8-9,12-14H2,1-2H3. The average molecular weight is 343 g/mol. The summed E-state index contributed by atoms with van der Waals surface area (Å²) < 4.78 is 4.83. The highest BCUT2D eigenvalue weighted by atomic mass is 16.5. The van der Waals surface area contributed by atoms with Gasteiger partial charge in [0, 0.05) is 32.2 Å². The number of rotatable bonds is 6. The highest BCUT2D eigenvalue weighted by Gasteiger charge is 2.42. The topological polar surface area (TPSA) is 69.8 Å². The summed E-state index contributed by atoms with van der Waals surface area (Å²) in [6.07, 6.45) is 2.80. The van der Waals surface area contributed by atoms with Crippen LogP contribution in [0.15, 0.2) is 41.1 Å². The maximum atomic E-state index is 12.9. The summed E-state index contributed by atoms with van der Waals surface area (Å²) >= 11 is 0. The van der Waals surface area contributed by atoms with E-state index in [1.807, 2.05) is 37.1 Å². The van der Waals surface area contributed by atoms with E-state index in [4.69, 9.17) is 4.52 Å². The summed E-state index contributed by atoms with van der Waals surface area (Å²) in [5, 5.41) is 14.8. The lowest BCUT2D eigenvalue weighted by Gasteiger charge is -2.40. The number of amides is 1. The summed E-state index contributed by atoms with van der Waals surface area (Å²) in [6, 6.07) is 9.92. The molecule has 0 saturated carbocycles. The van der Waals surface area contributed by atoms with Gasteiger partial charge in [0.2, 0.25) is 0 Å². The fourth-order valence-corrected chi connectivity index (χ4v) is 3.49. The van der Waals surface area contributed by atoms with Crippen molar-refractivity contribution >= 4 is 5.91 Å².